The summed E-state index contributed by atoms with van der Waals surface area (Å²) < 4.78 is 25.7. The van der Waals surface area contributed by atoms with E-state index in [0.29, 0.717) is 53.5 Å². The van der Waals surface area contributed by atoms with Gasteiger partial charge in [0.15, 0.2) is 0 Å². The number of nitriles is 2. The fraction of sp³-hybridized carbons (Fsp3) is 0.333. The van der Waals surface area contributed by atoms with Crippen LogP contribution in [0, 0.1) is 40.3 Å². The molecule has 0 saturated carbocycles. The van der Waals surface area contributed by atoms with Crippen LogP contribution in [0.4, 0.5) is 10.1 Å². The van der Waals surface area contributed by atoms with Gasteiger partial charge in [-0.25, -0.2) is 9.29 Å². The fourth-order valence-corrected chi connectivity index (χ4v) is 6.71. The smallest absolute Gasteiger partial charge is 0.240 e. The average Bonchev–Trinajstić information content (AvgIpc) is 3.54. The van der Waals surface area contributed by atoms with E-state index >= 15 is 0 Å². The van der Waals surface area contributed by atoms with Crippen molar-refractivity contribution < 1.29 is 23.5 Å². The van der Waals surface area contributed by atoms with Crippen LogP contribution in [-0.2, 0) is 14.3 Å². The molecule has 0 aliphatic carbocycles. The van der Waals surface area contributed by atoms with E-state index in [1.807, 2.05) is 18.2 Å². The molecule has 0 radical (unpaired) electrons. The molecule has 1 unspecified atom stereocenters. The minimum absolute atomic E-state index is 0.215. The molecule has 0 aromatic heterocycles. The fourth-order valence-electron chi connectivity index (χ4n) is 6.71. The Hall–Kier alpha value is -4.27. The first kappa shape index (κ1) is 24.1. The Bertz CT molecular complexity index is 1540. The molecule has 6 rings (SSSR count). The summed E-state index contributed by atoms with van der Waals surface area (Å²) in [5.41, 5.74) is -0.868. The van der Waals surface area contributed by atoms with Gasteiger partial charge >= 0.3 is 0 Å². The van der Waals surface area contributed by atoms with Crippen molar-refractivity contribution in [3.8, 4) is 17.9 Å². The first-order valence-electron chi connectivity index (χ1n) is 12.7. The number of halogens is 1. The lowest BCUT2D eigenvalue weighted by atomic mass is 9.65. The van der Waals surface area contributed by atoms with Gasteiger partial charge in [-0.2, -0.15) is 10.5 Å². The van der Waals surface area contributed by atoms with E-state index in [1.165, 1.54) is 17.0 Å². The molecule has 0 N–H and O–H groups in total. The molecule has 0 spiro atoms. The van der Waals surface area contributed by atoms with Crippen LogP contribution in [-0.4, -0.2) is 29.6 Å². The Morgan fingerprint density at radius 3 is 2.24 bits per heavy atom. The van der Waals surface area contributed by atoms with E-state index in [-0.39, 0.29) is 30.7 Å². The summed E-state index contributed by atoms with van der Waals surface area (Å²) in [6.45, 7) is 0.227. The Morgan fingerprint density at radius 2 is 1.58 bits per heavy atom. The number of benzene rings is 3. The van der Waals surface area contributed by atoms with Gasteiger partial charge in [0, 0.05) is 23.6 Å². The third-order valence-electron chi connectivity index (χ3n) is 8.35. The average molecular weight is 510 g/mol. The minimum atomic E-state index is -0.899. The summed E-state index contributed by atoms with van der Waals surface area (Å²) in [7, 11) is 0. The van der Waals surface area contributed by atoms with Crippen molar-refractivity contribution in [1.82, 2.24) is 0 Å². The number of rotatable bonds is 7. The van der Waals surface area contributed by atoms with Gasteiger partial charge in [0.1, 0.15) is 11.6 Å². The highest BCUT2D eigenvalue weighted by atomic mass is 19.1. The number of fused-ring (bicyclic) bond motifs is 6. The van der Waals surface area contributed by atoms with E-state index in [2.05, 4.69) is 12.1 Å². The summed E-state index contributed by atoms with van der Waals surface area (Å²) in [5, 5.41) is 20.2. The predicted molar refractivity (Wildman–Crippen MR) is 135 cm³/mol. The standard InChI is InChI=1S/C30H24FN3O4/c31-20-7-9-21(10-8-20)37-17-15-30-14-13-29(38-30,12-3-16-32)25-26(30)28(36)34(27(25)35)24-11-6-19(18-33)22-4-1-2-5-23(22)24/h1-2,4-11,25-26H,3,12-15,17H2/t25-,26+,29+,30?/m1/s1. The third-order valence-corrected chi connectivity index (χ3v) is 8.35. The summed E-state index contributed by atoms with van der Waals surface area (Å²) in [6, 6.07) is 20.6. The van der Waals surface area contributed by atoms with Crippen molar-refractivity contribution in [3.05, 3.63) is 72.0 Å². The number of ether oxygens (including phenoxy) is 2. The van der Waals surface area contributed by atoms with Gasteiger partial charge in [0.2, 0.25) is 11.8 Å². The van der Waals surface area contributed by atoms with Crippen LogP contribution in [0.2, 0.25) is 0 Å². The van der Waals surface area contributed by atoms with E-state index in [4.69, 9.17) is 9.47 Å². The van der Waals surface area contributed by atoms with Gasteiger partial charge in [0.05, 0.1) is 53.0 Å². The van der Waals surface area contributed by atoms with E-state index < -0.39 is 23.0 Å². The summed E-state index contributed by atoms with van der Waals surface area (Å²) >= 11 is 0. The highest BCUT2D eigenvalue weighted by molar-refractivity contribution is 6.26. The van der Waals surface area contributed by atoms with Crippen molar-refractivity contribution in [3.63, 3.8) is 0 Å². The molecule has 8 heteroatoms. The molecule has 3 saturated heterocycles. The zero-order valence-electron chi connectivity index (χ0n) is 20.5. The lowest BCUT2D eigenvalue weighted by molar-refractivity contribution is -0.132. The number of hydrogen-bond acceptors (Lipinski definition) is 6. The largest absolute Gasteiger partial charge is 0.493 e. The topological polar surface area (TPSA) is 103 Å². The molecule has 7 nitrogen and oxygen atoms in total. The van der Waals surface area contributed by atoms with Crippen LogP contribution >= 0.6 is 0 Å². The zero-order valence-corrected chi connectivity index (χ0v) is 20.5. The van der Waals surface area contributed by atoms with Gasteiger partial charge in [-0.05, 0) is 55.7 Å². The number of hydrogen-bond donors (Lipinski definition) is 0. The maximum absolute atomic E-state index is 14.1. The number of amides is 2. The highest BCUT2D eigenvalue weighted by Gasteiger charge is 2.75. The maximum Gasteiger partial charge on any atom is 0.240 e. The first-order chi connectivity index (χ1) is 18.4. The van der Waals surface area contributed by atoms with Crippen molar-refractivity contribution in [2.24, 2.45) is 11.8 Å². The van der Waals surface area contributed by atoms with Crippen LogP contribution < -0.4 is 9.64 Å². The van der Waals surface area contributed by atoms with Gasteiger partial charge in [-0.3, -0.25) is 9.59 Å². The molecule has 3 aromatic rings. The molecular weight excluding hydrogens is 485 g/mol. The van der Waals surface area contributed by atoms with Gasteiger partial charge in [0.25, 0.3) is 0 Å². The molecule has 2 bridgehead atoms. The lowest BCUT2D eigenvalue weighted by Crippen LogP contribution is -2.43. The molecule has 3 heterocycles. The van der Waals surface area contributed by atoms with Crippen LogP contribution in [0.3, 0.4) is 0 Å². The quantitative estimate of drug-likeness (QED) is 0.414. The Morgan fingerprint density at radius 1 is 0.921 bits per heavy atom. The number of nitrogens with zero attached hydrogens (tertiary/aromatic N) is 3. The van der Waals surface area contributed by atoms with Crippen molar-refractivity contribution in [1.29, 1.82) is 10.5 Å². The third kappa shape index (κ3) is 3.48. The van der Waals surface area contributed by atoms with Crippen molar-refractivity contribution in [2.45, 2.75) is 43.3 Å². The molecule has 38 heavy (non-hydrogen) atoms. The van der Waals surface area contributed by atoms with Gasteiger partial charge in [-0.1, -0.05) is 24.3 Å². The van der Waals surface area contributed by atoms with Gasteiger partial charge < -0.3 is 9.47 Å². The number of carbonyl (C=O) groups excluding carboxylic acids is 2. The van der Waals surface area contributed by atoms with Crippen molar-refractivity contribution in [2.75, 3.05) is 11.5 Å². The molecule has 3 aliphatic heterocycles. The summed E-state index contributed by atoms with van der Waals surface area (Å²) in [5.74, 6) is -1.90. The van der Waals surface area contributed by atoms with E-state index in [0.717, 1.165) is 0 Å². The second-order valence-corrected chi connectivity index (χ2v) is 10.2. The Labute approximate surface area is 219 Å². The van der Waals surface area contributed by atoms with E-state index in [9.17, 15) is 24.5 Å². The Balaban J connectivity index is 1.36. The number of anilines is 1. The molecule has 3 fully saturated rings. The number of carbonyl (C=O) groups is 2. The molecule has 190 valence electrons. The second-order valence-electron chi connectivity index (χ2n) is 10.2. The molecule has 2 amide bonds. The predicted octanol–water partition coefficient (Wildman–Crippen LogP) is 5.03. The first-order valence-corrected chi connectivity index (χ1v) is 12.7. The molecule has 3 aromatic carbocycles. The van der Waals surface area contributed by atoms with Crippen LogP contribution in [0.5, 0.6) is 5.75 Å². The number of imide groups is 1. The highest BCUT2D eigenvalue weighted by Crippen LogP contribution is 2.64. The normalized spacial score (nSPS) is 27.4. The van der Waals surface area contributed by atoms with Gasteiger partial charge in [-0.15, -0.1) is 0 Å². The zero-order chi connectivity index (χ0) is 26.5. The maximum atomic E-state index is 14.1. The van der Waals surface area contributed by atoms with Crippen molar-refractivity contribution >= 4 is 28.3 Å². The molecule has 3 aliphatic rings. The summed E-state index contributed by atoms with van der Waals surface area (Å²) in [4.78, 5) is 29.4. The Kier molecular flexibility index (Phi) is 5.66. The minimum Gasteiger partial charge on any atom is -0.493 e. The monoisotopic (exact) mass is 509 g/mol. The van der Waals surface area contributed by atoms with Crippen LogP contribution in [0.15, 0.2) is 60.7 Å². The second kappa shape index (κ2) is 8.93. The SMILES string of the molecule is N#CCC[C@@]12CCC(CCOc3ccc(F)cc3)(O1)[C@@H]1C(=O)N(c3ccc(C#N)c4ccccc34)C(=O)[C@@H]12. The summed E-state index contributed by atoms with van der Waals surface area (Å²) in [6.07, 6.45) is 2.11. The molecule has 4 atom stereocenters. The molecular formula is C30H24FN3O4. The van der Waals surface area contributed by atoms with Crippen LogP contribution in [0.25, 0.3) is 10.8 Å². The van der Waals surface area contributed by atoms with E-state index in [1.54, 1.807) is 30.3 Å². The lowest BCUT2D eigenvalue weighted by Gasteiger charge is -2.31. The van der Waals surface area contributed by atoms with Crippen LogP contribution in [0.1, 0.15) is 37.7 Å².